The van der Waals surface area contributed by atoms with E-state index in [2.05, 4.69) is 6.07 Å². The summed E-state index contributed by atoms with van der Waals surface area (Å²) in [5, 5.41) is 1.10. The molecule has 0 N–H and O–H groups in total. The second-order valence-corrected chi connectivity index (χ2v) is 8.78. The van der Waals surface area contributed by atoms with Gasteiger partial charge < -0.3 is 9.64 Å². The number of hydrogen-bond acceptors (Lipinski definition) is 5. The Labute approximate surface area is 163 Å². The van der Waals surface area contributed by atoms with Crippen molar-refractivity contribution >= 4 is 33.4 Å². The number of para-hydroxylation sites is 1. The SMILES string of the molecule is O=C(CC1CCCC1)OCC(=O)N1CCC[C@H](c2nc3ccccc3s2)C1. The van der Waals surface area contributed by atoms with Crippen molar-refractivity contribution in [1.82, 2.24) is 9.88 Å². The monoisotopic (exact) mass is 386 g/mol. The molecule has 6 heteroatoms. The number of piperidine rings is 1. The van der Waals surface area contributed by atoms with Crippen LogP contribution in [0.1, 0.15) is 55.9 Å². The molecule has 1 aromatic heterocycles. The van der Waals surface area contributed by atoms with Crippen LogP contribution in [0.3, 0.4) is 0 Å². The molecule has 1 aliphatic heterocycles. The average Bonchev–Trinajstić information content (AvgIpc) is 3.35. The number of rotatable bonds is 5. The van der Waals surface area contributed by atoms with Gasteiger partial charge in [0.25, 0.3) is 5.91 Å². The van der Waals surface area contributed by atoms with Crippen LogP contribution >= 0.6 is 11.3 Å². The molecule has 2 heterocycles. The lowest BCUT2D eigenvalue weighted by molar-refractivity contribution is -0.153. The Hall–Kier alpha value is -1.95. The second kappa shape index (κ2) is 8.38. The lowest BCUT2D eigenvalue weighted by atomic mass is 9.99. The summed E-state index contributed by atoms with van der Waals surface area (Å²) in [5.41, 5.74) is 1.03. The Kier molecular flexibility index (Phi) is 5.72. The lowest BCUT2D eigenvalue weighted by Gasteiger charge is -2.31. The number of hydrogen-bond donors (Lipinski definition) is 0. The van der Waals surface area contributed by atoms with Crippen molar-refractivity contribution in [2.24, 2.45) is 5.92 Å². The number of nitrogens with zero attached hydrogens (tertiary/aromatic N) is 2. The Balaban J connectivity index is 1.30. The maximum atomic E-state index is 12.5. The quantitative estimate of drug-likeness (QED) is 0.725. The normalized spacial score (nSPS) is 20.9. The van der Waals surface area contributed by atoms with E-state index in [-0.39, 0.29) is 24.4 Å². The van der Waals surface area contributed by atoms with Gasteiger partial charge in [0.05, 0.1) is 15.2 Å². The van der Waals surface area contributed by atoms with Crippen molar-refractivity contribution in [2.45, 2.75) is 50.9 Å². The fourth-order valence-corrected chi connectivity index (χ4v) is 5.31. The number of thiazole rings is 1. The standard InChI is InChI=1S/C21H26N2O3S/c24-19(14-26-20(25)12-15-6-1-2-7-15)23-11-5-8-16(13-23)21-22-17-9-3-4-10-18(17)27-21/h3-4,9-10,15-16H,1-2,5-8,11-14H2/t16-/m0/s1. The second-order valence-electron chi connectivity index (χ2n) is 7.71. The number of amides is 1. The van der Waals surface area contributed by atoms with E-state index >= 15 is 0 Å². The van der Waals surface area contributed by atoms with Crippen LogP contribution in [-0.4, -0.2) is 41.5 Å². The van der Waals surface area contributed by atoms with Crippen molar-refractivity contribution in [2.75, 3.05) is 19.7 Å². The van der Waals surface area contributed by atoms with Gasteiger partial charge in [-0.25, -0.2) is 4.98 Å². The summed E-state index contributed by atoms with van der Waals surface area (Å²) in [5.74, 6) is 0.413. The molecule has 2 fully saturated rings. The predicted molar refractivity (Wildman–Crippen MR) is 106 cm³/mol. The zero-order valence-corrected chi connectivity index (χ0v) is 16.4. The topological polar surface area (TPSA) is 59.5 Å². The Morgan fingerprint density at radius 3 is 2.78 bits per heavy atom. The molecule has 0 spiro atoms. The van der Waals surface area contributed by atoms with E-state index in [0.717, 1.165) is 42.8 Å². The highest BCUT2D eigenvalue weighted by atomic mass is 32.1. The number of carbonyl (C=O) groups excluding carboxylic acids is 2. The molecule has 27 heavy (non-hydrogen) atoms. The third-order valence-electron chi connectivity index (χ3n) is 5.72. The summed E-state index contributed by atoms with van der Waals surface area (Å²) in [7, 11) is 0. The molecule has 5 nitrogen and oxygen atoms in total. The minimum Gasteiger partial charge on any atom is -0.456 e. The lowest BCUT2D eigenvalue weighted by Crippen LogP contribution is -2.41. The van der Waals surface area contributed by atoms with Gasteiger partial charge >= 0.3 is 5.97 Å². The summed E-state index contributed by atoms with van der Waals surface area (Å²) in [6.45, 7) is 1.28. The van der Waals surface area contributed by atoms with E-state index < -0.39 is 0 Å². The highest BCUT2D eigenvalue weighted by molar-refractivity contribution is 7.18. The number of fused-ring (bicyclic) bond motifs is 1. The van der Waals surface area contributed by atoms with E-state index in [1.165, 1.54) is 17.5 Å². The summed E-state index contributed by atoms with van der Waals surface area (Å²) < 4.78 is 6.46. The van der Waals surface area contributed by atoms with Gasteiger partial charge in [0.1, 0.15) is 0 Å². The molecule has 1 aromatic carbocycles. The molecule has 2 aliphatic rings. The van der Waals surface area contributed by atoms with Gasteiger partial charge in [-0.15, -0.1) is 11.3 Å². The van der Waals surface area contributed by atoms with Crippen LogP contribution in [-0.2, 0) is 14.3 Å². The summed E-state index contributed by atoms with van der Waals surface area (Å²) in [4.78, 5) is 31.1. The van der Waals surface area contributed by atoms with Crippen molar-refractivity contribution in [3.8, 4) is 0 Å². The van der Waals surface area contributed by atoms with E-state index in [4.69, 9.17) is 9.72 Å². The fourth-order valence-electron chi connectivity index (χ4n) is 4.21. The molecule has 1 saturated heterocycles. The molecule has 144 valence electrons. The number of ether oxygens (including phenoxy) is 1. The maximum Gasteiger partial charge on any atom is 0.306 e. The van der Waals surface area contributed by atoms with Gasteiger partial charge in [0.15, 0.2) is 6.61 Å². The van der Waals surface area contributed by atoms with E-state index in [1.807, 2.05) is 23.1 Å². The summed E-state index contributed by atoms with van der Waals surface area (Å²) >= 11 is 1.72. The van der Waals surface area contributed by atoms with E-state index in [9.17, 15) is 9.59 Å². The van der Waals surface area contributed by atoms with Gasteiger partial charge in [-0.2, -0.15) is 0 Å². The van der Waals surface area contributed by atoms with Crippen LogP contribution in [0.25, 0.3) is 10.2 Å². The first-order valence-electron chi connectivity index (χ1n) is 9.98. The van der Waals surface area contributed by atoms with Crippen molar-refractivity contribution < 1.29 is 14.3 Å². The van der Waals surface area contributed by atoms with Crippen molar-refractivity contribution in [1.29, 1.82) is 0 Å². The highest BCUT2D eigenvalue weighted by Crippen LogP contribution is 2.33. The predicted octanol–water partition coefficient (Wildman–Crippen LogP) is 4.13. The zero-order valence-electron chi connectivity index (χ0n) is 15.6. The number of aromatic nitrogens is 1. The van der Waals surface area contributed by atoms with Gasteiger partial charge in [0, 0.05) is 25.4 Å². The highest BCUT2D eigenvalue weighted by Gasteiger charge is 2.28. The first-order chi connectivity index (χ1) is 13.2. The smallest absolute Gasteiger partial charge is 0.306 e. The number of benzene rings is 1. The molecule has 0 radical (unpaired) electrons. The molecule has 0 bridgehead atoms. The molecule has 0 unspecified atom stereocenters. The summed E-state index contributed by atoms with van der Waals surface area (Å²) in [6.07, 6.45) is 7.10. The van der Waals surface area contributed by atoms with Gasteiger partial charge in [0.2, 0.25) is 0 Å². The molecule has 1 atom stereocenters. The van der Waals surface area contributed by atoms with Gasteiger partial charge in [-0.05, 0) is 43.7 Å². The third-order valence-corrected chi connectivity index (χ3v) is 6.92. The molecule has 1 amide bonds. The van der Waals surface area contributed by atoms with Crippen LogP contribution in [0.15, 0.2) is 24.3 Å². The van der Waals surface area contributed by atoms with Gasteiger partial charge in [-0.3, -0.25) is 9.59 Å². The Morgan fingerprint density at radius 2 is 1.96 bits per heavy atom. The Morgan fingerprint density at radius 1 is 1.15 bits per heavy atom. The van der Waals surface area contributed by atoms with Crippen LogP contribution in [0, 0.1) is 5.92 Å². The molecule has 2 aromatic rings. The van der Waals surface area contributed by atoms with Crippen molar-refractivity contribution in [3.05, 3.63) is 29.3 Å². The third kappa shape index (κ3) is 4.49. The van der Waals surface area contributed by atoms with Crippen molar-refractivity contribution in [3.63, 3.8) is 0 Å². The number of esters is 1. The maximum absolute atomic E-state index is 12.5. The van der Waals surface area contributed by atoms with Crippen LogP contribution < -0.4 is 0 Å². The molecular formula is C21H26N2O3S. The number of carbonyl (C=O) groups is 2. The van der Waals surface area contributed by atoms with E-state index in [0.29, 0.717) is 18.9 Å². The van der Waals surface area contributed by atoms with Crippen LogP contribution in [0.2, 0.25) is 0 Å². The van der Waals surface area contributed by atoms with Crippen LogP contribution in [0.5, 0.6) is 0 Å². The molecule has 4 rings (SSSR count). The summed E-state index contributed by atoms with van der Waals surface area (Å²) in [6, 6.07) is 8.15. The largest absolute Gasteiger partial charge is 0.456 e. The molecule has 1 aliphatic carbocycles. The molecule has 1 saturated carbocycles. The Bertz CT molecular complexity index is 780. The minimum atomic E-state index is -0.227. The minimum absolute atomic E-state index is 0.0828. The fraction of sp³-hybridized carbons (Fsp3) is 0.571. The average molecular weight is 387 g/mol. The molecular weight excluding hydrogens is 360 g/mol. The first kappa shape index (κ1) is 18.4. The van der Waals surface area contributed by atoms with Gasteiger partial charge in [-0.1, -0.05) is 25.0 Å². The van der Waals surface area contributed by atoms with Crippen LogP contribution in [0.4, 0.5) is 0 Å². The zero-order chi connectivity index (χ0) is 18.6. The van der Waals surface area contributed by atoms with E-state index in [1.54, 1.807) is 11.3 Å². The number of likely N-dealkylation sites (tertiary alicyclic amines) is 1. The first-order valence-corrected chi connectivity index (χ1v) is 10.8.